The van der Waals surface area contributed by atoms with Gasteiger partial charge >= 0.3 is 0 Å². The molecule has 0 saturated heterocycles. The lowest BCUT2D eigenvalue weighted by Crippen LogP contribution is -2.35. The Morgan fingerprint density at radius 1 is 1.15 bits per heavy atom. The number of benzene rings is 2. The van der Waals surface area contributed by atoms with E-state index in [1.165, 1.54) is 4.90 Å². The topological polar surface area (TPSA) is 58.6 Å². The van der Waals surface area contributed by atoms with E-state index in [0.29, 0.717) is 19.4 Å². The highest BCUT2D eigenvalue weighted by Gasteiger charge is 2.14. The third-order valence-electron chi connectivity index (χ3n) is 4.29. The number of carbonyl (C=O) groups excluding carboxylic acids is 2. The molecule has 2 amide bonds. The molecule has 2 rings (SSSR count). The van der Waals surface area contributed by atoms with Crippen molar-refractivity contribution in [2.75, 3.05) is 25.5 Å². The number of likely N-dealkylation sites (N-methyl/N-ethyl adjacent to an activating group) is 1. The summed E-state index contributed by atoms with van der Waals surface area (Å²) in [6, 6.07) is 13.3. The molecule has 0 saturated carbocycles. The lowest BCUT2D eigenvalue weighted by Gasteiger charge is -2.18. The highest BCUT2D eigenvalue weighted by molar-refractivity contribution is 9.10. The van der Waals surface area contributed by atoms with Gasteiger partial charge in [0.05, 0.1) is 13.2 Å². The summed E-state index contributed by atoms with van der Waals surface area (Å²) >= 11 is 3.39. The average molecular weight is 433 g/mol. The predicted octanol–water partition coefficient (Wildman–Crippen LogP) is 4.32. The first-order valence-electron chi connectivity index (χ1n) is 8.85. The van der Waals surface area contributed by atoms with E-state index in [1.54, 1.807) is 7.05 Å². The number of rotatable bonds is 8. The standard InChI is InChI=1S/C21H25BrN2O3/c1-15-7-4-10-19(16(15)2)23-20(25)14-24(3)21(26)11-6-12-27-18-9-5-8-17(22)13-18/h4-5,7-10,13H,6,11-12,14H2,1-3H3,(H,23,25). The summed E-state index contributed by atoms with van der Waals surface area (Å²) in [6.07, 6.45) is 0.926. The highest BCUT2D eigenvalue weighted by atomic mass is 79.9. The Kier molecular flexibility index (Phi) is 7.85. The number of nitrogens with zero attached hydrogens (tertiary/aromatic N) is 1. The molecule has 0 bridgehead atoms. The minimum atomic E-state index is -0.204. The van der Waals surface area contributed by atoms with Crippen LogP contribution in [0.2, 0.25) is 0 Å². The van der Waals surface area contributed by atoms with Crippen LogP contribution >= 0.6 is 15.9 Å². The molecule has 0 aliphatic carbocycles. The van der Waals surface area contributed by atoms with Crippen molar-refractivity contribution in [3.05, 3.63) is 58.1 Å². The lowest BCUT2D eigenvalue weighted by molar-refractivity contribution is -0.133. The quantitative estimate of drug-likeness (QED) is 0.631. The van der Waals surface area contributed by atoms with Gasteiger partial charge in [-0.2, -0.15) is 0 Å². The van der Waals surface area contributed by atoms with Gasteiger partial charge in [0.25, 0.3) is 0 Å². The van der Waals surface area contributed by atoms with Crippen LogP contribution in [0, 0.1) is 13.8 Å². The summed E-state index contributed by atoms with van der Waals surface area (Å²) in [7, 11) is 1.64. The smallest absolute Gasteiger partial charge is 0.243 e. The van der Waals surface area contributed by atoms with Crippen LogP contribution in [0.25, 0.3) is 0 Å². The van der Waals surface area contributed by atoms with E-state index in [0.717, 1.165) is 27.0 Å². The Bertz CT molecular complexity index is 808. The molecule has 0 aliphatic heterocycles. The second-order valence-electron chi connectivity index (χ2n) is 6.45. The van der Waals surface area contributed by atoms with Crippen LogP contribution in [-0.2, 0) is 9.59 Å². The number of nitrogens with one attached hydrogen (secondary N) is 1. The number of carbonyl (C=O) groups is 2. The lowest BCUT2D eigenvalue weighted by atomic mass is 10.1. The maximum Gasteiger partial charge on any atom is 0.243 e. The zero-order valence-electron chi connectivity index (χ0n) is 15.9. The summed E-state index contributed by atoms with van der Waals surface area (Å²) in [5.74, 6) is 0.479. The van der Waals surface area contributed by atoms with Gasteiger partial charge in [-0.15, -0.1) is 0 Å². The number of halogens is 1. The fraction of sp³-hybridized carbons (Fsp3) is 0.333. The van der Waals surface area contributed by atoms with Gasteiger partial charge in [0, 0.05) is 23.6 Å². The highest BCUT2D eigenvalue weighted by Crippen LogP contribution is 2.19. The second kappa shape index (κ2) is 10.1. The van der Waals surface area contributed by atoms with E-state index in [2.05, 4.69) is 21.2 Å². The Morgan fingerprint density at radius 2 is 1.89 bits per heavy atom. The van der Waals surface area contributed by atoms with Gasteiger partial charge in [-0.3, -0.25) is 9.59 Å². The summed E-state index contributed by atoms with van der Waals surface area (Å²) in [5.41, 5.74) is 2.93. The third kappa shape index (κ3) is 6.71. The van der Waals surface area contributed by atoms with E-state index >= 15 is 0 Å². The van der Waals surface area contributed by atoms with Gasteiger partial charge in [-0.1, -0.05) is 34.1 Å². The molecule has 0 aliphatic rings. The van der Waals surface area contributed by atoms with Crippen molar-refractivity contribution in [2.45, 2.75) is 26.7 Å². The van der Waals surface area contributed by atoms with Crippen LogP contribution in [0.15, 0.2) is 46.9 Å². The van der Waals surface area contributed by atoms with E-state index in [1.807, 2.05) is 56.3 Å². The zero-order chi connectivity index (χ0) is 19.8. The van der Waals surface area contributed by atoms with Gasteiger partial charge in [0.15, 0.2) is 0 Å². The maximum absolute atomic E-state index is 12.2. The first kappa shape index (κ1) is 21.0. The number of hydrogen-bond acceptors (Lipinski definition) is 3. The summed E-state index contributed by atoms with van der Waals surface area (Å²) in [4.78, 5) is 25.8. The molecule has 0 spiro atoms. The van der Waals surface area contributed by atoms with Crippen LogP contribution < -0.4 is 10.1 Å². The van der Waals surface area contributed by atoms with E-state index in [9.17, 15) is 9.59 Å². The van der Waals surface area contributed by atoms with Gasteiger partial charge in [-0.05, 0) is 55.7 Å². The Balaban J connectivity index is 1.73. The molecule has 0 heterocycles. The van der Waals surface area contributed by atoms with Crippen LogP contribution in [0.3, 0.4) is 0 Å². The fourth-order valence-electron chi connectivity index (χ4n) is 2.54. The number of hydrogen-bond donors (Lipinski definition) is 1. The molecule has 5 nitrogen and oxygen atoms in total. The summed E-state index contributed by atoms with van der Waals surface area (Å²) in [5, 5.41) is 2.87. The zero-order valence-corrected chi connectivity index (χ0v) is 17.5. The van der Waals surface area contributed by atoms with Crippen molar-refractivity contribution in [1.82, 2.24) is 4.90 Å². The Hall–Kier alpha value is -2.34. The van der Waals surface area contributed by atoms with Gasteiger partial charge in [0.2, 0.25) is 11.8 Å². The molecular formula is C21H25BrN2O3. The number of ether oxygens (including phenoxy) is 1. The van der Waals surface area contributed by atoms with Gasteiger partial charge in [-0.25, -0.2) is 0 Å². The number of anilines is 1. The minimum Gasteiger partial charge on any atom is -0.494 e. The normalized spacial score (nSPS) is 10.4. The molecule has 27 heavy (non-hydrogen) atoms. The van der Waals surface area contributed by atoms with Crippen molar-refractivity contribution < 1.29 is 14.3 Å². The average Bonchev–Trinajstić information content (AvgIpc) is 2.62. The van der Waals surface area contributed by atoms with Crippen molar-refractivity contribution in [3.8, 4) is 5.75 Å². The number of aryl methyl sites for hydroxylation is 1. The van der Waals surface area contributed by atoms with Gasteiger partial charge < -0.3 is 15.0 Å². The summed E-state index contributed by atoms with van der Waals surface area (Å²) < 4.78 is 6.57. The van der Waals surface area contributed by atoms with Crippen LogP contribution in [0.5, 0.6) is 5.75 Å². The number of amides is 2. The molecule has 0 radical (unpaired) electrons. The molecule has 0 aromatic heterocycles. The molecular weight excluding hydrogens is 408 g/mol. The molecule has 1 N–H and O–H groups in total. The van der Waals surface area contributed by atoms with Crippen molar-refractivity contribution in [2.24, 2.45) is 0 Å². The van der Waals surface area contributed by atoms with Crippen LogP contribution in [0.4, 0.5) is 5.69 Å². The predicted molar refractivity (Wildman–Crippen MR) is 111 cm³/mol. The third-order valence-corrected chi connectivity index (χ3v) is 4.78. The van der Waals surface area contributed by atoms with E-state index in [4.69, 9.17) is 4.74 Å². The minimum absolute atomic E-state index is 0.0265. The van der Waals surface area contributed by atoms with Crippen molar-refractivity contribution >= 4 is 33.4 Å². The molecule has 144 valence electrons. The second-order valence-corrected chi connectivity index (χ2v) is 7.37. The molecule has 0 unspecified atom stereocenters. The molecule has 2 aromatic rings. The molecule has 2 aromatic carbocycles. The van der Waals surface area contributed by atoms with Crippen LogP contribution in [-0.4, -0.2) is 36.9 Å². The monoisotopic (exact) mass is 432 g/mol. The van der Waals surface area contributed by atoms with Crippen molar-refractivity contribution in [1.29, 1.82) is 0 Å². The molecule has 6 heteroatoms. The van der Waals surface area contributed by atoms with Gasteiger partial charge in [0.1, 0.15) is 5.75 Å². The Morgan fingerprint density at radius 3 is 2.63 bits per heavy atom. The van der Waals surface area contributed by atoms with Crippen LogP contribution in [0.1, 0.15) is 24.0 Å². The van der Waals surface area contributed by atoms with Crippen molar-refractivity contribution in [3.63, 3.8) is 0 Å². The Labute approximate surface area is 168 Å². The molecule has 0 fully saturated rings. The van der Waals surface area contributed by atoms with E-state index < -0.39 is 0 Å². The largest absolute Gasteiger partial charge is 0.494 e. The first-order chi connectivity index (χ1) is 12.9. The fourth-order valence-corrected chi connectivity index (χ4v) is 2.92. The SMILES string of the molecule is Cc1cccc(NC(=O)CN(C)C(=O)CCCOc2cccc(Br)c2)c1C. The van der Waals surface area contributed by atoms with E-state index in [-0.39, 0.29) is 18.4 Å². The first-order valence-corrected chi connectivity index (χ1v) is 9.64. The maximum atomic E-state index is 12.2. The molecule has 0 atom stereocenters. The summed E-state index contributed by atoms with van der Waals surface area (Å²) in [6.45, 7) is 4.44.